The van der Waals surface area contributed by atoms with E-state index in [0.29, 0.717) is 44.3 Å². The lowest BCUT2D eigenvalue weighted by Gasteiger charge is -2.37. The Morgan fingerprint density at radius 1 is 1.10 bits per heavy atom. The number of para-hydroxylation sites is 2. The first-order valence-electron chi connectivity index (χ1n) is 10.3. The van der Waals surface area contributed by atoms with Crippen molar-refractivity contribution >= 4 is 17.9 Å². The summed E-state index contributed by atoms with van der Waals surface area (Å²) < 4.78 is 16.4. The largest absolute Gasteiger partial charge is 0.485 e. The summed E-state index contributed by atoms with van der Waals surface area (Å²) in [6, 6.07) is 6.46. The van der Waals surface area contributed by atoms with Gasteiger partial charge in [0.05, 0.1) is 6.61 Å². The Bertz CT molecular complexity index is 776. The van der Waals surface area contributed by atoms with Gasteiger partial charge in [-0.25, -0.2) is 4.79 Å². The molecule has 30 heavy (non-hydrogen) atoms. The smallest absolute Gasteiger partial charge is 0.409 e. The molecule has 0 aliphatic carbocycles. The number of nitrogens with zero attached hydrogens (tertiary/aromatic N) is 2. The number of carbonyl (C=O) groups excluding carboxylic acids is 3. The summed E-state index contributed by atoms with van der Waals surface area (Å²) in [5, 5.41) is 2.83. The van der Waals surface area contributed by atoms with Crippen molar-refractivity contribution in [1.82, 2.24) is 15.1 Å². The fourth-order valence-electron chi connectivity index (χ4n) is 3.43. The number of nitrogens with one attached hydrogen (secondary N) is 1. The van der Waals surface area contributed by atoms with E-state index < -0.39 is 12.1 Å². The minimum atomic E-state index is -0.824. The van der Waals surface area contributed by atoms with Crippen molar-refractivity contribution in [3.8, 4) is 11.5 Å². The highest BCUT2D eigenvalue weighted by atomic mass is 16.6. The van der Waals surface area contributed by atoms with Crippen LogP contribution in [0.25, 0.3) is 0 Å². The third kappa shape index (κ3) is 4.95. The molecule has 164 valence electrons. The minimum Gasteiger partial charge on any atom is -0.485 e. The summed E-state index contributed by atoms with van der Waals surface area (Å²) in [6.45, 7) is 7.51. The Balaban J connectivity index is 1.57. The second-order valence-corrected chi connectivity index (χ2v) is 7.61. The van der Waals surface area contributed by atoms with Gasteiger partial charge in [-0.2, -0.15) is 0 Å². The topological polar surface area (TPSA) is 97.4 Å². The average molecular weight is 419 g/mol. The number of hydrogen-bond acceptors (Lipinski definition) is 6. The molecule has 9 heteroatoms. The van der Waals surface area contributed by atoms with Crippen LogP contribution in [-0.4, -0.2) is 79.2 Å². The summed E-state index contributed by atoms with van der Waals surface area (Å²) in [5.41, 5.74) is 0. The lowest BCUT2D eigenvalue weighted by atomic mass is 10.0. The van der Waals surface area contributed by atoms with Crippen LogP contribution in [0.1, 0.15) is 20.8 Å². The molecule has 2 aliphatic rings. The molecule has 2 atom stereocenters. The van der Waals surface area contributed by atoms with Crippen LogP contribution in [0.2, 0.25) is 0 Å². The van der Waals surface area contributed by atoms with E-state index >= 15 is 0 Å². The molecule has 0 radical (unpaired) electrons. The highest BCUT2D eigenvalue weighted by Crippen LogP contribution is 2.31. The van der Waals surface area contributed by atoms with Crippen molar-refractivity contribution in [1.29, 1.82) is 0 Å². The Kier molecular flexibility index (Phi) is 7.02. The molecule has 0 unspecified atom stereocenters. The van der Waals surface area contributed by atoms with Crippen LogP contribution < -0.4 is 14.8 Å². The molecule has 3 amide bonds. The van der Waals surface area contributed by atoms with Crippen LogP contribution in [0.4, 0.5) is 4.79 Å². The fraction of sp³-hybridized carbons (Fsp3) is 0.571. The predicted molar refractivity (Wildman–Crippen MR) is 108 cm³/mol. The van der Waals surface area contributed by atoms with Gasteiger partial charge in [-0.05, 0) is 25.0 Å². The molecule has 1 aromatic carbocycles. The number of rotatable bonds is 5. The molecule has 3 rings (SSSR count). The minimum absolute atomic E-state index is 0.0834. The molecule has 0 aromatic heterocycles. The van der Waals surface area contributed by atoms with E-state index in [2.05, 4.69) is 5.32 Å². The molecule has 1 fully saturated rings. The van der Waals surface area contributed by atoms with Crippen LogP contribution in [0, 0.1) is 5.92 Å². The first-order chi connectivity index (χ1) is 14.4. The number of piperazine rings is 1. The van der Waals surface area contributed by atoms with Crippen molar-refractivity contribution in [3.63, 3.8) is 0 Å². The predicted octanol–water partition coefficient (Wildman–Crippen LogP) is 1.27. The lowest BCUT2D eigenvalue weighted by molar-refractivity contribution is -0.141. The third-order valence-electron chi connectivity index (χ3n) is 5.15. The Morgan fingerprint density at radius 2 is 1.73 bits per heavy atom. The van der Waals surface area contributed by atoms with Crippen LogP contribution in [0.5, 0.6) is 11.5 Å². The number of hydrogen-bond donors (Lipinski definition) is 1. The maximum atomic E-state index is 13.1. The van der Waals surface area contributed by atoms with E-state index in [1.54, 1.807) is 34.9 Å². The van der Waals surface area contributed by atoms with Gasteiger partial charge in [0.15, 0.2) is 11.5 Å². The standard InChI is InChI=1S/C21H29N3O6/c1-4-28-21(27)24-11-9-23(10-12-24)20(26)18(14(2)3)22-19(25)17-13-29-15-7-5-6-8-16(15)30-17/h5-8,14,17-18H,4,9-13H2,1-3H3,(H,22,25)/t17-,18-/m0/s1. The second-order valence-electron chi connectivity index (χ2n) is 7.61. The van der Waals surface area contributed by atoms with Gasteiger partial charge in [0, 0.05) is 26.2 Å². The second kappa shape index (κ2) is 9.69. The highest BCUT2D eigenvalue weighted by Gasteiger charge is 2.35. The molecule has 1 saturated heterocycles. The Hall–Kier alpha value is -2.97. The zero-order valence-corrected chi connectivity index (χ0v) is 17.6. The van der Waals surface area contributed by atoms with Gasteiger partial charge in [-0.1, -0.05) is 26.0 Å². The molecule has 0 spiro atoms. The van der Waals surface area contributed by atoms with Gasteiger partial charge in [0.1, 0.15) is 12.6 Å². The third-order valence-corrected chi connectivity index (χ3v) is 5.15. The fourth-order valence-corrected chi connectivity index (χ4v) is 3.43. The van der Waals surface area contributed by atoms with Crippen LogP contribution >= 0.6 is 0 Å². The first-order valence-corrected chi connectivity index (χ1v) is 10.3. The van der Waals surface area contributed by atoms with Gasteiger partial charge in [-0.15, -0.1) is 0 Å². The van der Waals surface area contributed by atoms with Gasteiger partial charge in [-0.3, -0.25) is 9.59 Å². The van der Waals surface area contributed by atoms with E-state index in [1.807, 2.05) is 19.9 Å². The summed E-state index contributed by atoms with van der Waals surface area (Å²) in [5.74, 6) is 0.436. The van der Waals surface area contributed by atoms with Crippen molar-refractivity contribution in [2.75, 3.05) is 39.4 Å². The zero-order chi connectivity index (χ0) is 21.7. The number of ether oxygens (including phenoxy) is 3. The summed E-state index contributed by atoms with van der Waals surface area (Å²) in [7, 11) is 0. The molecule has 2 aliphatic heterocycles. The summed E-state index contributed by atoms with van der Waals surface area (Å²) in [4.78, 5) is 40.9. The Labute approximate surface area is 176 Å². The molecule has 0 saturated carbocycles. The summed E-state index contributed by atoms with van der Waals surface area (Å²) in [6.07, 6.45) is -1.19. The van der Waals surface area contributed by atoms with Gasteiger partial charge in [0.2, 0.25) is 12.0 Å². The van der Waals surface area contributed by atoms with Crippen molar-refractivity contribution in [2.45, 2.75) is 32.9 Å². The van der Waals surface area contributed by atoms with E-state index in [1.165, 1.54) is 0 Å². The number of benzene rings is 1. The maximum absolute atomic E-state index is 13.1. The van der Waals surface area contributed by atoms with Crippen molar-refractivity contribution < 1.29 is 28.6 Å². The van der Waals surface area contributed by atoms with E-state index in [9.17, 15) is 14.4 Å². The van der Waals surface area contributed by atoms with E-state index in [4.69, 9.17) is 14.2 Å². The molecule has 1 N–H and O–H groups in total. The molecule has 1 aromatic rings. The van der Waals surface area contributed by atoms with Crippen LogP contribution in [0.3, 0.4) is 0 Å². The lowest BCUT2D eigenvalue weighted by Crippen LogP contribution is -2.59. The van der Waals surface area contributed by atoms with Crippen molar-refractivity contribution in [2.24, 2.45) is 5.92 Å². The molecule has 9 nitrogen and oxygen atoms in total. The maximum Gasteiger partial charge on any atom is 0.409 e. The zero-order valence-electron chi connectivity index (χ0n) is 17.6. The average Bonchev–Trinajstić information content (AvgIpc) is 2.76. The van der Waals surface area contributed by atoms with E-state index in [-0.39, 0.29) is 30.4 Å². The molecular formula is C21H29N3O6. The monoisotopic (exact) mass is 419 g/mol. The number of fused-ring (bicyclic) bond motifs is 1. The summed E-state index contributed by atoms with van der Waals surface area (Å²) >= 11 is 0. The highest BCUT2D eigenvalue weighted by molar-refractivity contribution is 5.90. The van der Waals surface area contributed by atoms with Gasteiger partial charge >= 0.3 is 6.09 Å². The Morgan fingerprint density at radius 3 is 2.37 bits per heavy atom. The SMILES string of the molecule is CCOC(=O)N1CCN(C(=O)[C@@H](NC(=O)[C@@H]2COc3ccccc3O2)C(C)C)CC1. The van der Waals surface area contributed by atoms with Crippen LogP contribution in [0.15, 0.2) is 24.3 Å². The van der Waals surface area contributed by atoms with Gasteiger partial charge < -0.3 is 29.3 Å². The molecular weight excluding hydrogens is 390 g/mol. The first kappa shape index (κ1) is 21.7. The molecule has 2 heterocycles. The van der Waals surface area contributed by atoms with E-state index in [0.717, 1.165) is 0 Å². The quantitative estimate of drug-likeness (QED) is 0.772. The van der Waals surface area contributed by atoms with Crippen molar-refractivity contribution in [3.05, 3.63) is 24.3 Å². The van der Waals surface area contributed by atoms with Gasteiger partial charge in [0.25, 0.3) is 5.91 Å². The number of amides is 3. The number of carbonyl (C=O) groups is 3. The van der Waals surface area contributed by atoms with Crippen LogP contribution in [-0.2, 0) is 14.3 Å². The normalized spacial score (nSPS) is 19.3. The molecule has 0 bridgehead atoms.